The van der Waals surface area contributed by atoms with Gasteiger partial charge in [0, 0.05) is 24.2 Å². The molecule has 0 saturated carbocycles. The van der Waals surface area contributed by atoms with Crippen LogP contribution in [0.4, 0.5) is 11.4 Å². The molecule has 0 spiro atoms. The molecule has 8 nitrogen and oxygen atoms in total. The SMILES string of the molecule is Cc1ccc(C)c(NC(=O)CN2C(=O)/C(=C3/SC(=S)N(CCCCCC(=O)O)C3=O)c3ccccc32)c1. The van der Waals surface area contributed by atoms with Crippen LogP contribution in [0.2, 0.25) is 0 Å². The molecule has 2 aromatic rings. The molecule has 0 aromatic heterocycles. The third-order valence-electron chi connectivity index (χ3n) is 6.24. The van der Waals surface area contributed by atoms with Crippen LogP contribution < -0.4 is 10.2 Å². The number of carbonyl (C=O) groups is 4. The molecule has 0 aliphatic carbocycles. The van der Waals surface area contributed by atoms with Crippen molar-refractivity contribution in [2.45, 2.75) is 39.5 Å². The van der Waals surface area contributed by atoms with Crippen molar-refractivity contribution in [2.24, 2.45) is 0 Å². The van der Waals surface area contributed by atoms with Gasteiger partial charge in [-0.25, -0.2) is 0 Å². The van der Waals surface area contributed by atoms with Gasteiger partial charge in [-0.3, -0.25) is 29.0 Å². The minimum absolute atomic E-state index is 0.0839. The maximum Gasteiger partial charge on any atom is 0.303 e. The Morgan fingerprint density at radius 3 is 2.51 bits per heavy atom. The van der Waals surface area contributed by atoms with Gasteiger partial charge in [0.2, 0.25) is 5.91 Å². The number of nitrogens with zero attached hydrogens (tertiary/aromatic N) is 2. The lowest BCUT2D eigenvalue weighted by molar-refractivity contribution is -0.137. The number of benzene rings is 2. The maximum atomic E-state index is 13.6. The predicted octanol–water partition coefficient (Wildman–Crippen LogP) is 4.51. The van der Waals surface area contributed by atoms with Crippen molar-refractivity contribution in [1.29, 1.82) is 0 Å². The number of nitrogens with one attached hydrogen (secondary N) is 1. The lowest BCUT2D eigenvalue weighted by atomic mass is 10.1. The molecule has 4 rings (SSSR count). The minimum atomic E-state index is -0.846. The second-order valence-corrected chi connectivity index (χ2v) is 10.7. The van der Waals surface area contributed by atoms with Gasteiger partial charge in [0.05, 0.1) is 16.2 Å². The first kappa shape index (κ1) is 26.6. The monoisotopic (exact) mass is 537 g/mol. The molecular weight excluding hydrogens is 510 g/mol. The Kier molecular flexibility index (Phi) is 8.09. The molecule has 0 unspecified atom stereocenters. The van der Waals surface area contributed by atoms with Gasteiger partial charge < -0.3 is 10.4 Å². The fourth-order valence-electron chi connectivity index (χ4n) is 4.33. The summed E-state index contributed by atoms with van der Waals surface area (Å²) in [6, 6.07) is 12.9. The van der Waals surface area contributed by atoms with Crippen LogP contribution in [-0.2, 0) is 19.2 Å². The number of hydrogen-bond donors (Lipinski definition) is 2. The highest BCUT2D eigenvalue weighted by molar-refractivity contribution is 8.26. The van der Waals surface area contributed by atoms with Crippen LogP contribution in [0.1, 0.15) is 42.4 Å². The second-order valence-electron chi connectivity index (χ2n) is 9.01. The molecule has 1 saturated heterocycles. The number of fused-ring (bicyclic) bond motifs is 1. The molecule has 10 heteroatoms. The topological polar surface area (TPSA) is 107 Å². The van der Waals surface area contributed by atoms with E-state index in [1.165, 1.54) is 9.80 Å². The zero-order chi connectivity index (χ0) is 26.7. The van der Waals surface area contributed by atoms with Crippen molar-refractivity contribution in [3.8, 4) is 0 Å². The number of carbonyl (C=O) groups excluding carboxylic acids is 3. The Hall–Kier alpha value is -3.50. The summed E-state index contributed by atoms with van der Waals surface area (Å²) in [5.74, 6) is -1.94. The van der Waals surface area contributed by atoms with Crippen LogP contribution in [0.25, 0.3) is 5.57 Å². The Balaban J connectivity index is 1.53. The van der Waals surface area contributed by atoms with Crippen molar-refractivity contribution >= 4 is 68.9 Å². The van der Waals surface area contributed by atoms with E-state index in [9.17, 15) is 19.2 Å². The number of amides is 3. The average molecular weight is 538 g/mol. The molecule has 2 heterocycles. The van der Waals surface area contributed by atoms with Gasteiger partial charge in [-0.15, -0.1) is 0 Å². The van der Waals surface area contributed by atoms with Gasteiger partial charge in [0.1, 0.15) is 10.9 Å². The number of aliphatic carboxylic acids is 1. The molecule has 3 amide bonds. The summed E-state index contributed by atoms with van der Waals surface area (Å²) in [5.41, 5.74) is 4.02. The zero-order valence-electron chi connectivity index (χ0n) is 20.6. The van der Waals surface area contributed by atoms with Crippen LogP contribution in [0.5, 0.6) is 0 Å². The van der Waals surface area contributed by atoms with E-state index >= 15 is 0 Å². The summed E-state index contributed by atoms with van der Waals surface area (Å²) in [5, 5.41) is 11.7. The van der Waals surface area contributed by atoms with Crippen LogP contribution in [0, 0.1) is 13.8 Å². The molecule has 2 aliphatic heterocycles. The van der Waals surface area contributed by atoms with Gasteiger partial charge in [-0.2, -0.15) is 0 Å². The summed E-state index contributed by atoms with van der Waals surface area (Å²) in [6.07, 6.45) is 1.87. The number of thioether (sulfide) groups is 1. The van der Waals surface area contributed by atoms with Crippen molar-refractivity contribution in [3.63, 3.8) is 0 Å². The minimum Gasteiger partial charge on any atom is -0.481 e. The van der Waals surface area contributed by atoms with Gasteiger partial charge in [0.15, 0.2) is 0 Å². The molecule has 192 valence electrons. The number of carboxylic acids is 1. The summed E-state index contributed by atoms with van der Waals surface area (Å²) >= 11 is 6.52. The molecule has 2 N–H and O–H groups in total. The Labute approximate surface area is 224 Å². The summed E-state index contributed by atoms with van der Waals surface area (Å²) in [6.45, 7) is 4.00. The summed E-state index contributed by atoms with van der Waals surface area (Å²) in [4.78, 5) is 53.6. The second kappa shape index (κ2) is 11.3. The zero-order valence-corrected chi connectivity index (χ0v) is 22.2. The molecule has 0 bridgehead atoms. The van der Waals surface area contributed by atoms with E-state index < -0.39 is 11.9 Å². The number of anilines is 2. The van der Waals surface area contributed by atoms with Gasteiger partial charge >= 0.3 is 5.97 Å². The van der Waals surface area contributed by atoms with Gasteiger partial charge in [0.25, 0.3) is 11.8 Å². The number of aryl methyl sites for hydroxylation is 2. The number of para-hydroxylation sites is 1. The van der Waals surface area contributed by atoms with Crippen LogP contribution in [-0.4, -0.2) is 51.1 Å². The lowest BCUT2D eigenvalue weighted by Gasteiger charge is -2.17. The molecule has 0 atom stereocenters. The normalized spacial score (nSPS) is 17.0. The quantitative estimate of drug-likeness (QED) is 0.275. The number of carboxylic acid groups (broad SMARTS) is 1. The van der Waals surface area contributed by atoms with Crippen molar-refractivity contribution in [3.05, 3.63) is 64.1 Å². The molecule has 0 radical (unpaired) electrons. The number of thiocarbonyl (C=S) groups is 1. The van der Waals surface area contributed by atoms with Crippen LogP contribution >= 0.6 is 24.0 Å². The van der Waals surface area contributed by atoms with Crippen molar-refractivity contribution in [1.82, 2.24) is 4.90 Å². The summed E-state index contributed by atoms with van der Waals surface area (Å²) in [7, 11) is 0. The van der Waals surface area contributed by atoms with E-state index in [-0.39, 0.29) is 35.3 Å². The van der Waals surface area contributed by atoms with Crippen molar-refractivity contribution < 1.29 is 24.3 Å². The first-order valence-corrected chi connectivity index (χ1v) is 13.2. The van der Waals surface area contributed by atoms with Gasteiger partial charge in [-0.1, -0.05) is 60.7 Å². The molecule has 37 heavy (non-hydrogen) atoms. The smallest absolute Gasteiger partial charge is 0.303 e. The number of unbranched alkanes of at least 4 members (excludes halogenated alkanes) is 2. The van der Waals surface area contributed by atoms with E-state index in [2.05, 4.69) is 5.32 Å². The third kappa shape index (κ3) is 5.75. The highest BCUT2D eigenvalue weighted by Crippen LogP contribution is 2.44. The van der Waals surface area contributed by atoms with E-state index in [1.54, 1.807) is 24.3 Å². The highest BCUT2D eigenvalue weighted by Gasteiger charge is 2.42. The first-order valence-electron chi connectivity index (χ1n) is 12.0. The van der Waals surface area contributed by atoms with E-state index in [0.717, 1.165) is 22.9 Å². The largest absolute Gasteiger partial charge is 0.481 e. The summed E-state index contributed by atoms with van der Waals surface area (Å²) < 4.78 is 0.363. The van der Waals surface area contributed by atoms with E-state index in [1.807, 2.05) is 32.0 Å². The van der Waals surface area contributed by atoms with Crippen LogP contribution in [0.3, 0.4) is 0 Å². The van der Waals surface area contributed by atoms with E-state index in [0.29, 0.717) is 47.1 Å². The molecule has 2 aliphatic rings. The standard InChI is InChI=1S/C27H27N3O5S2/c1-16-11-12-17(2)19(14-16)28-21(31)15-30-20-9-6-5-8-18(20)23(25(30)34)24-26(35)29(27(36)37-24)13-7-3-4-10-22(32)33/h5-6,8-9,11-12,14H,3-4,7,10,13,15H2,1-2H3,(H,28,31)(H,32,33)/b24-23+. The third-order valence-corrected chi connectivity index (χ3v) is 7.69. The number of rotatable bonds is 9. The van der Waals surface area contributed by atoms with Gasteiger partial charge in [-0.05, 0) is 49.9 Å². The Morgan fingerprint density at radius 1 is 1.00 bits per heavy atom. The van der Waals surface area contributed by atoms with E-state index in [4.69, 9.17) is 17.3 Å². The number of hydrogen-bond acceptors (Lipinski definition) is 6. The highest BCUT2D eigenvalue weighted by atomic mass is 32.2. The fourth-order valence-corrected chi connectivity index (χ4v) is 5.71. The molecule has 1 fully saturated rings. The van der Waals surface area contributed by atoms with Crippen molar-refractivity contribution in [2.75, 3.05) is 23.3 Å². The van der Waals surface area contributed by atoms with Crippen LogP contribution in [0.15, 0.2) is 47.4 Å². The lowest BCUT2D eigenvalue weighted by Crippen LogP contribution is -2.35. The fraction of sp³-hybridized carbons (Fsp3) is 0.296. The first-order chi connectivity index (χ1) is 17.7. The predicted molar refractivity (Wildman–Crippen MR) is 148 cm³/mol. The Bertz CT molecular complexity index is 1340. The average Bonchev–Trinajstić information content (AvgIpc) is 3.28. The Morgan fingerprint density at radius 2 is 1.76 bits per heavy atom. The molecular formula is C27H27N3O5S2. The maximum absolute atomic E-state index is 13.6. The molecule has 2 aromatic carbocycles.